The van der Waals surface area contributed by atoms with E-state index in [9.17, 15) is 0 Å². The van der Waals surface area contributed by atoms with Crippen LogP contribution in [0, 0.1) is 5.41 Å². The van der Waals surface area contributed by atoms with E-state index in [1.165, 1.54) is 49.9 Å². The van der Waals surface area contributed by atoms with Gasteiger partial charge in [0.25, 0.3) is 0 Å². The van der Waals surface area contributed by atoms with Gasteiger partial charge in [-0.1, -0.05) is 26.7 Å². The predicted octanol–water partition coefficient (Wildman–Crippen LogP) is 3.74. The van der Waals surface area contributed by atoms with Gasteiger partial charge < -0.3 is 10.2 Å². The van der Waals surface area contributed by atoms with Gasteiger partial charge in [0, 0.05) is 31.9 Å². The van der Waals surface area contributed by atoms with E-state index in [4.69, 9.17) is 0 Å². The summed E-state index contributed by atoms with van der Waals surface area (Å²) in [7, 11) is 0. The van der Waals surface area contributed by atoms with Crippen LogP contribution < -0.4 is 10.2 Å². The molecule has 116 valence electrons. The summed E-state index contributed by atoms with van der Waals surface area (Å²) in [4.78, 5) is 7.08. The van der Waals surface area contributed by atoms with Crippen LogP contribution in [-0.2, 0) is 6.54 Å². The van der Waals surface area contributed by atoms with Crippen molar-refractivity contribution in [3.05, 3.63) is 23.9 Å². The van der Waals surface area contributed by atoms with E-state index in [2.05, 4.69) is 41.2 Å². The number of piperidine rings is 1. The van der Waals surface area contributed by atoms with Crippen LogP contribution in [0.25, 0.3) is 0 Å². The number of hydrogen-bond acceptors (Lipinski definition) is 3. The molecule has 3 rings (SSSR count). The molecule has 1 aliphatic heterocycles. The van der Waals surface area contributed by atoms with Crippen molar-refractivity contribution in [3.8, 4) is 0 Å². The second kappa shape index (κ2) is 6.35. The second-order valence-corrected chi connectivity index (χ2v) is 6.87. The predicted molar refractivity (Wildman–Crippen MR) is 88.6 cm³/mol. The van der Waals surface area contributed by atoms with Gasteiger partial charge in [0.15, 0.2) is 0 Å². The van der Waals surface area contributed by atoms with Crippen LogP contribution >= 0.6 is 0 Å². The maximum atomic E-state index is 4.60. The van der Waals surface area contributed by atoms with Gasteiger partial charge in [-0.3, -0.25) is 0 Å². The Kier molecular flexibility index (Phi) is 4.48. The fraction of sp³-hybridized carbons (Fsp3) is 0.722. The average molecular weight is 287 g/mol. The van der Waals surface area contributed by atoms with Crippen LogP contribution in [0.3, 0.4) is 0 Å². The highest BCUT2D eigenvalue weighted by Gasteiger charge is 2.31. The van der Waals surface area contributed by atoms with Crippen molar-refractivity contribution < 1.29 is 0 Å². The Bertz CT molecular complexity index is 453. The van der Waals surface area contributed by atoms with Crippen LogP contribution in [-0.4, -0.2) is 24.1 Å². The summed E-state index contributed by atoms with van der Waals surface area (Å²) in [5.41, 5.74) is 1.96. The number of hydrogen-bond donors (Lipinski definition) is 1. The molecule has 1 N–H and O–H groups in total. The molecule has 0 spiro atoms. The summed E-state index contributed by atoms with van der Waals surface area (Å²) in [6.07, 6.45) is 9.92. The van der Waals surface area contributed by atoms with Gasteiger partial charge >= 0.3 is 0 Å². The van der Waals surface area contributed by atoms with Crippen molar-refractivity contribution >= 4 is 5.82 Å². The molecule has 0 unspecified atom stereocenters. The van der Waals surface area contributed by atoms with Gasteiger partial charge in [-0.25, -0.2) is 4.98 Å². The van der Waals surface area contributed by atoms with E-state index >= 15 is 0 Å². The lowest BCUT2D eigenvalue weighted by molar-refractivity contribution is 0.199. The third kappa shape index (κ3) is 3.57. The topological polar surface area (TPSA) is 28.2 Å². The van der Waals surface area contributed by atoms with Crippen molar-refractivity contribution in [2.24, 2.45) is 5.41 Å². The summed E-state index contributed by atoms with van der Waals surface area (Å²) >= 11 is 0. The summed E-state index contributed by atoms with van der Waals surface area (Å²) in [6.45, 7) is 8.01. The van der Waals surface area contributed by atoms with E-state index in [1.54, 1.807) is 0 Å². The lowest BCUT2D eigenvalue weighted by atomic mass is 9.74. The molecule has 1 saturated heterocycles. The first-order valence-electron chi connectivity index (χ1n) is 8.68. The molecular weight excluding hydrogens is 258 g/mol. The molecule has 0 aromatic carbocycles. The summed E-state index contributed by atoms with van der Waals surface area (Å²) < 4.78 is 0. The number of rotatable bonds is 6. The zero-order chi connectivity index (χ0) is 14.7. The molecule has 0 radical (unpaired) electrons. The Labute approximate surface area is 129 Å². The SMILES string of the molecule is CCC1(CC)CCN(c2cc(CNC3CC3)ccn2)CC1. The first kappa shape index (κ1) is 14.8. The van der Waals surface area contributed by atoms with Crippen molar-refractivity contribution in [3.63, 3.8) is 0 Å². The van der Waals surface area contributed by atoms with Crippen molar-refractivity contribution in [1.82, 2.24) is 10.3 Å². The van der Waals surface area contributed by atoms with E-state index < -0.39 is 0 Å². The highest BCUT2D eigenvalue weighted by molar-refractivity contribution is 5.41. The molecule has 0 bridgehead atoms. The van der Waals surface area contributed by atoms with Gasteiger partial charge in [0.1, 0.15) is 5.82 Å². The molecule has 1 aromatic rings. The fourth-order valence-corrected chi connectivity index (χ4v) is 3.46. The number of nitrogens with one attached hydrogen (secondary N) is 1. The monoisotopic (exact) mass is 287 g/mol. The first-order valence-corrected chi connectivity index (χ1v) is 8.68. The Balaban J connectivity index is 1.60. The van der Waals surface area contributed by atoms with Crippen LogP contribution in [0.5, 0.6) is 0 Å². The van der Waals surface area contributed by atoms with Gasteiger partial charge in [-0.15, -0.1) is 0 Å². The summed E-state index contributed by atoms with van der Waals surface area (Å²) in [5, 5.41) is 3.59. The zero-order valence-corrected chi connectivity index (χ0v) is 13.6. The smallest absolute Gasteiger partial charge is 0.128 e. The number of anilines is 1. The number of nitrogens with zero attached hydrogens (tertiary/aromatic N) is 2. The van der Waals surface area contributed by atoms with E-state index in [-0.39, 0.29) is 0 Å². The molecular formula is C18H29N3. The van der Waals surface area contributed by atoms with Crippen molar-refractivity contribution in [2.45, 2.75) is 65.0 Å². The van der Waals surface area contributed by atoms with Gasteiger partial charge in [0.2, 0.25) is 0 Å². The molecule has 0 atom stereocenters. The maximum absolute atomic E-state index is 4.60. The van der Waals surface area contributed by atoms with Gasteiger partial charge in [-0.2, -0.15) is 0 Å². The van der Waals surface area contributed by atoms with E-state index in [1.807, 2.05) is 6.20 Å². The molecule has 2 heterocycles. The Morgan fingerprint density at radius 1 is 1.24 bits per heavy atom. The number of pyridine rings is 1. The average Bonchev–Trinajstić information content (AvgIpc) is 3.38. The minimum atomic E-state index is 0.585. The molecule has 2 aliphatic rings. The molecule has 1 saturated carbocycles. The van der Waals surface area contributed by atoms with E-state index in [0.29, 0.717) is 5.41 Å². The molecule has 21 heavy (non-hydrogen) atoms. The van der Waals surface area contributed by atoms with Crippen LogP contribution in [0.2, 0.25) is 0 Å². The second-order valence-electron chi connectivity index (χ2n) is 6.87. The van der Waals surface area contributed by atoms with Crippen LogP contribution in [0.1, 0.15) is 57.9 Å². The van der Waals surface area contributed by atoms with Crippen LogP contribution in [0.4, 0.5) is 5.82 Å². The standard InChI is InChI=1S/C18H29N3/c1-3-18(4-2)8-11-21(12-9-18)17-13-15(7-10-19-17)14-20-16-5-6-16/h7,10,13,16,20H,3-6,8-9,11-12,14H2,1-2H3. The summed E-state index contributed by atoms with van der Waals surface area (Å²) in [5.74, 6) is 1.17. The Morgan fingerprint density at radius 2 is 1.95 bits per heavy atom. The lowest BCUT2D eigenvalue weighted by Gasteiger charge is -2.41. The van der Waals surface area contributed by atoms with Crippen LogP contribution in [0.15, 0.2) is 18.3 Å². The van der Waals surface area contributed by atoms with Gasteiger partial charge in [0.05, 0.1) is 0 Å². The largest absolute Gasteiger partial charge is 0.357 e. The quantitative estimate of drug-likeness (QED) is 0.864. The molecule has 0 amide bonds. The molecule has 3 nitrogen and oxygen atoms in total. The minimum absolute atomic E-state index is 0.585. The molecule has 1 aliphatic carbocycles. The minimum Gasteiger partial charge on any atom is -0.357 e. The molecule has 1 aromatic heterocycles. The number of aromatic nitrogens is 1. The fourth-order valence-electron chi connectivity index (χ4n) is 3.46. The Hall–Kier alpha value is -1.09. The van der Waals surface area contributed by atoms with E-state index in [0.717, 1.165) is 25.7 Å². The third-order valence-corrected chi connectivity index (χ3v) is 5.63. The first-order chi connectivity index (χ1) is 10.2. The zero-order valence-electron chi connectivity index (χ0n) is 13.6. The highest BCUT2D eigenvalue weighted by atomic mass is 15.2. The third-order valence-electron chi connectivity index (χ3n) is 5.63. The highest BCUT2D eigenvalue weighted by Crippen LogP contribution is 2.38. The van der Waals surface area contributed by atoms with Crippen molar-refractivity contribution in [2.75, 3.05) is 18.0 Å². The molecule has 2 fully saturated rings. The maximum Gasteiger partial charge on any atom is 0.128 e. The van der Waals surface area contributed by atoms with Crippen molar-refractivity contribution in [1.29, 1.82) is 0 Å². The Morgan fingerprint density at radius 3 is 2.57 bits per heavy atom. The van der Waals surface area contributed by atoms with Gasteiger partial charge in [-0.05, 0) is 48.8 Å². The normalized spacial score (nSPS) is 21.5. The summed E-state index contributed by atoms with van der Waals surface area (Å²) in [6, 6.07) is 5.19. The molecule has 3 heteroatoms. The lowest BCUT2D eigenvalue weighted by Crippen LogP contribution is -2.40.